The van der Waals surface area contributed by atoms with Gasteiger partial charge in [0.1, 0.15) is 11.6 Å². The van der Waals surface area contributed by atoms with Crippen molar-refractivity contribution in [2.24, 2.45) is 0 Å². The third-order valence-electron chi connectivity index (χ3n) is 4.05. The summed E-state index contributed by atoms with van der Waals surface area (Å²) in [6.07, 6.45) is 3.33. The third-order valence-corrected chi connectivity index (χ3v) is 4.05. The molecular formula is C17H19FN2O2. The summed E-state index contributed by atoms with van der Waals surface area (Å²) < 4.78 is 19.2. The summed E-state index contributed by atoms with van der Waals surface area (Å²) in [6.45, 7) is 2.66. The largest absolute Gasteiger partial charge is 0.361 e. The van der Waals surface area contributed by atoms with Crippen molar-refractivity contribution in [1.29, 1.82) is 0 Å². The zero-order valence-electron chi connectivity index (χ0n) is 12.6. The lowest BCUT2D eigenvalue weighted by atomic mass is 10.0. The van der Waals surface area contributed by atoms with E-state index in [-0.39, 0.29) is 17.8 Å². The average Bonchev–Trinajstić information content (AvgIpc) is 3.16. The highest BCUT2D eigenvalue weighted by Gasteiger charge is 2.33. The van der Waals surface area contributed by atoms with Gasteiger partial charge in [-0.1, -0.05) is 30.3 Å². The highest BCUT2D eigenvalue weighted by atomic mass is 19.1. The van der Waals surface area contributed by atoms with Crippen molar-refractivity contribution in [3.63, 3.8) is 0 Å². The van der Waals surface area contributed by atoms with Crippen molar-refractivity contribution in [3.05, 3.63) is 53.2 Å². The summed E-state index contributed by atoms with van der Waals surface area (Å²) in [5, 5.41) is 3.87. The Morgan fingerprint density at radius 2 is 2.27 bits per heavy atom. The highest BCUT2D eigenvalue weighted by molar-refractivity contribution is 5.92. The molecule has 2 heterocycles. The number of hydrogen-bond donors (Lipinski definition) is 0. The Balaban J connectivity index is 1.83. The van der Waals surface area contributed by atoms with Crippen molar-refractivity contribution >= 4 is 5.91 Å². The van der Waals surface area contributed by atoms with Gasteiger partial charge in [-0.25, -0.2) is 4.39 Å². The standard InChI is InChI=1S/C17H19FN2O2/c1-2-6-12-11-15(19-22-12)17(21)20-10-5-9-16(20)13-7-3-4-8-14(13)18/h3-4,7-8,11,16H,2,5-6,9-10H2,1H3/t16-/m1/s1. The SMILES string of the molecule is CCCc1cc(C(=O)N2CCC[C@@H]2c2ccccc2F)no1. The lowest BCUT2D eigenvalue weighted by molar-refractivity contribution is 0.0723. The van der Waals surface area contributed by atoms with E-state index in [1.807, 2.05) is 6.92 Å². The molecule has 116 valence electrons. The van der Waals surface area contributed by atoms with Crippen LogP contribution >= 0.6 is 0 Å². The van der Waals surface area contributed by atoms with Crippen LogP contribution < -0.4 is 0 Å². The third kappa shape index (κ3) is 2.75. The van der Waals surface area contributed by atoms with E-state index in [1.165, 1.54) is 6.07 Å². The summed E-state index contributed by atoms with van der Waals surface area (Å²) in [5.41, 5.74) is 0.886. The molecule has 0 N–H and O–H groups in total. The highest BCUT2D eigenvalue weighted by Crippen LogP contribution is 2.34. The summed E-state index contributed by atoms with van der Waals surface area (Å²) >= 11 is 0. The molecule has 1 amide bonds. The van der Waals surface area contributed by atoms with Crippen LogP contribution in [-0.4, -0.2) is 22.5 Å². The van der Waals surface area contributed by atoms with Gasteiger partial charge in [-0.3, -0.25) is 4.79 Å². The van der Waals surface area contributed by atoms with Gasteiger partial charge in [0.15, 0.2) is 5.69 Å². The first-order chi connectivity index (χ1) is 10.7. The number of aryl methyl sites for hydroxylation is 1. The quantitative estimate of drug-likeness (QED) is 0.864. The summed E-state index contributed by atoms with van der Waals surface area (Å²) in [7, 11) is 0. The molecule has 1 fully saturated rings. The molecule has 22 heavy (non-hydrogen) atoms. The first-order valence-corrected chi connectivity index (χ1v) is 7.71. The Labute approximate surface area is 128 Å². The molecule has 0 saturated carbocycles. The summed E-state index contributed by atoms with van der Waals surface area (Å²) in [5.74, 6) is 0.267. The van der Waals surface area contributed by atoms with Gasteiger partial charge in [0.2, 0.25) is 0 Å². The molecular weight excluding hydrogens is 283 g/mol. The number of benzene rings is 1. The molecule has 5 heteroatoms. The van der Waals surface area contributed by atoms with Crippen LogP contribution in [0.4, 0.5) is 4.39 Å². The van der Waals surface area contributed by atoms with Gasteiger partial charge in [0.25, 0.3) is 5.91 Å². The molecule has 3 rings (SSSR count). The fourth-order valence-electron chi connectivity index (χ4n) is 3.00. The number of hydrogen-bond acceptors (Lipinski definition) is 3. The van der Waals surface area contributed by atoms with Crippen LogP contribution in [0.2, 0.25) is 0 Å². The van der Waals surface area contributed by atoms with Crippen LogP contribution in [0.25, 0.3) is 0 Å². The first kappa shape index (κ1) is 14.8. The smallest absolute Gasteiger partial charge is 0.276 e. The van der Waals surface area contributed by atoms with Crippen molar-refractivity contribution in [2.45, 2.75) is 38.6 Å². The zero-order valence-corrected chi connectivity index (χ0v) is 12.6. The van der Waals surface area contributed by atoms with Gasteiger partial charge >= 0.3 is 0 Å². The van der Waals surface area contributed by atoms with Crippen molar-refractivity contribution in [2.75, 3.05) is 6.54 Å². The number of amides is 1. The van der Waals surface area contributed by atoms with Crippen LogP contribution in [-0.2, 0) is 6.42 Å². The fraction of sp³-hybridized carbons (Fsp3) is 0.412. The Morgan fingerprint density at radius 1 is 1.45 bits per heavy atom. The second kappa shape index (κ2) is 6.30. The van der Waals surface area contributed by atoms with Gasteiger partial charge in [-0.05, 0) is 25.3 Å². The number of halogens is 1. The molecule has 0 spiro atoms. The van der Waals surface area contributed by atoms with Gasteiger partial charge < -0.3 is 9.42 Å². The molecule has 0 bridgehead atoms. The number of nitrogens with zero attached hydrogens (tertiary/aromatic N) is 2. The molecule has 2 aromatic rings. The number of carbonyl (C=O) groups excluding carboxylic acids is 1. The molecule has 0 aliphatic carbocycles. The zero-order chi connectivity index (χ0) is 15.5. The second-order valence-corrected chi connectivity index (χ2v) is 5.61. The molecule has 0 unspecified atom stereocenters. The van der Waals surface area contributed by atoms with Gasteiger partial charge in [0.05, 0.1) is 6.04 Å². The maximum Gasteiger partial charge on any atom is 0.276 e. The van der Waals surface area contributed by atoms with Crippen molar-refractivity contribution < 1.29 is 13.7 Å². The second-order valence-electron chi connectivity index (χ2n) is 5.61. The number of rotatable bonds is 4. The number of carbonyl (C=O) groups is 1. The Hall–Kier alpha value is -2.17. The molecule has 1 atom stereocenters. The molecule has 4 nitrogen and oxygen atoms in total. The van der Waals surface area contributed by atoms with E-state index < -0.39 is 0 Å². The molecule has 1 aliphatic heterocycles. The minimum Gasteiger partial charge on any atom is -0.361 e. The van der Waals surface area contributed by atoms with Gasteiger partial charge in [-0.2, -0.15) is 0 Å². The normalized spacial score (nSPS) is 17.9. The maximum absolute atomic E-state index is 14.0. The first-order valence-electron chi connectivity index (χ1n) is 7.71. The fourth-order valence-corrected chi connectivity index (χ4v) is 3.00. The van der Waals surface area contributed by atoms with Crippen LogP contribution in [0, 0.1) is 5.82 Å². The van der Waals surface area contributed by atoms with E-state index in [2.05, 4.69) is 5.16 Å². The molecule has 1 aromatic heterocycles. The molecule has 1 aromatic carbocycles. The van der Waals surface area contributed by atoms with Crippen LogP contribution in [0.5, 0.6) is 0 Å². The van der Waals surface area contributed by atoms with Crippen LogP contribution in [0.3, 0.4) is 0 Å². The van der Waals surface area contributed by atoms with Crippen LogP contribution in [0.1, 0.15) is 54.0 Å². The van der Waals surface area contributed by atoms with Crippen LogP contribution in [0.15, 0.2) is 34.9 Å². The van der Waals surface area contributed by atoms with E-state index in [1.54, 1.807) is 29.2 Å². The average molecular weight is 302 g/mol. The minimum absolute atomic E-state index is 0.183. The maximum atomic E-state index is 14.0. The summed E-state index contributed by atoms with van der Waals surface area (Å²) in [4.78, 5) is 14.3. The van der Waals surface area contributed by atoms with Crippen molar-refractivity contribution in [1.82, 2.24) is 10.1 Å². The molecule has 1 saturated heterocycles. The van der Waals surface area contributed by atoms with Crippen molar-refractivity contribution in [3.8, 4) is 0 Å². The Kier molecular flexibility index (Phi) is 4.22. The van der Waals surface area contributed by atoms with Gasteiger partial charge in [-0.15, -0.1) is 0 Å². The lowest BCUT2D eigenvalue weighted by Crippen LogP contribution is -2.31. The number of aromatic nitrogens is 1. The van der Waals surface area contributed by atoms with E-state index in [4.69, 9.17) is 4.52 Å². The van der Waals surface area contributed by atoms with E-state index in [0.717, 1.165) is 25.7 Å². The Morgan fingerprint density at radius 3 is 3.05 bits per heavy atom. The molecule has 0 radical (unpaired) electrons. The minimum atomic E-state index is -0.265. The Bertz CT molecular complexity index is 668. The predicted octanol–water partition coefficient (Wildman–Crippen LogP) is 3.74. The molecule has 1 aliphatic rings. The van der Waals surface area contributed by atoms with E-state index >= 15 is 0 Å². The monoisotopic (exact) mass is 302 g/mol. The number of likely N-dealkylation sites (tertiary alicyclic amines) is 1. The summed E-state index contributed by atoms with van der Waals surface area (Å²) in [6, 6.07) is 8.12. The van der Waals surface area contributed by atoms with E-state index in [0.29, 0.717) is 23.6 Å². The predicted molar refractivity (Wildman–Crippen MR) is 79.9 cm³/mol. The topological polar surface area (TPSA) is 46.3 Å². The van der Waals surface area contributed by atoms with E-state index in [9.17, 15) is 9.18 Å². The lowest BCUT2D eigenvalue weighted by Gasteiger charge is -2.24. The van der Waals surface area contributed by atoms with Gasteiger partial charge in [0, 0.05) is 24.6 Å².